The van der Waals surface area contributed by atoms with E-state index in [0.29, 0.717) is 6.42 Å². The lowest BCUT2D eigenvalue weighted by molar-refractivity contribution is 0.304. The highest BCUT2D eigenvalue weighted by Gasteiger charge is 2.26. The van der Waals surface area contributed by atoms with Crippen molar-refractivity contribution in [2.24, 2.45) is 16.3 Å². The van der Waals surface area contributed by atoms with E-state index in [2.05, 4.69) is 31.3 Å². The van der Waals surface area contributed by atoms with Crippen molar-refractivity contribution < 1.29 is 0 Å². The summed E-state index contributed by atoms with van der Waals surface area (Å²) in [6, 6.07) is 7.58. The van der Waals surface area contributed by atoms with Crippen molar-refractivity contribution in [1.29, 1.82) is 5.41 Å². The summed E-state index contributed by atoms with van der Waals surface area (Å²) in [5, 5.41) is 14.2. The predicted molar refractivity (Wildman–Crippen MR) is 89.0 cm³/mol. The van der Waals surface area contributed by atoms with Gasteiger partial charge in [0.05, 0.1) is 11.8 Å². The van der Waals surface area contributed by atoms with E-state index in [-0.39, 0.29) is 29.8 Å². The average Bonchev–Trinajstić information content (AvgIpc) is 2.37. The van der Waals surface area contributed by atoms with Gasteiger partial charge < -0.3 is 16.5 Å². The molecule has 4 N–H and O–H groups in total. The molecular weight excluding hydrogens is 264 g/mol. The van der Waals surface area contributed by atoms with E-state index in [1.807, 2.05) is 31.2 Å². The zero-order valence-electron chi connectivity index (χ0n) is 13.3. The Morgan fingerprint density at radius 2 is 2.10 bits per heavy atom. The van der Waals surface area contributed by atoms with Crippen molar-refractivity contribution in [2.45, 2.75) is 46.2 Å². The normalized spacial score (nSPS) is 14.3. The second-order valence-corrected chi connectivity index (χ2v) is 6.59. The molecule has 0 spiro atoms. The highest BCUT2D eigenvalue weighted by molar-refractivity contribution is 5.91. The number of hydrogen-bond acceptors (Lipinski definition) is 5. The van der Waals surface area contributed by atoms with E-state index in [9.17, 15) is 4.91 Å². The van der Waals surface area contributed by atoms with Gasteiger partial charge in [-0.25, -0.2) is 0 Å². The van der Waals surface area contributed by atoms with Crippen molar-refractivity contribution in [3.8, 4) is 0 Å². The summed E-state index contributed by atoms with van der Waals surface area (Å²) >= 11 is 0. The van der Waals surface area contributed by atoms with Crippen LogP contribution in [0.3, 0.4) is 0 Å². The Morgan fingerprint density at radius 1 is 1.43 bits per heavy atom. The fourth-order valence-corrected chi connectivity index (χ4v) is 2.01. The summed E-state index contributed by atoms with van der Waals surface area (Å²) in [6.45, 7) is 8.12. The van der Waals surface area contributed by atoms with Crippen LogP contribution in [0, 0.1) is 22.7 Å². The maximum absolute atomic E-state index is 10.5. The van der Waals surface area contributed by atoms with Crippen LogP contribution in [0.25, 0.3) is 0 Å². The molecule has 0 heterocycles. The third-order valence-corrected chi connectivity index (χ3v) is 3.62. The molecule has 0 saturated carbocycles. The van der Waals surface area contributed by atoms with Crippen LogP contribution < -0.4 is 11.1 Å². The lowest BCUT2D eigenvalue weighted by atomic mass is 9.83. The first-order valence-corrected chi connectivity index (χ1v) is 7.19. The van der Waals surface area contributed by atoms with E-state index in [0.717, 1.165) is 11.3 Å². The summed E-state index contributed by atoms with van der Waals surface area (Å²) in [5.41, 5.74) is 8.50. The van der Waals surface area contributed by atoms with Gasteiger partial charge in [-0.2, -0.15) is 4.91 Å². The van der Waals surface area contributed by atoms with Crippen LogP contribution in [-0.4, -0.2) is 24.3 Å². The molecule has 1 aromatic carbocycles. The molecule has 2 unspecified atom stereocenters. The molecule has 21 heavy (non-hydrogen) atoms. The zero-order chi connectivity index (χ0) is 16.0. The number of anilines is 1. The molecule has 1 rings (SSSR count). The molecule has 0 aliphatic carbocycles. The molecule has 0 amide bonds. The fourth-order valence-electron chi connectivity index (χ4n) is 2.01. The number of nitrogens with two attached hydrogens (primary N) is 1. The number of rotatable bonds is 7. The third-order valence-electron chi connectivity index (χ3n) is 3.62. The molecule has 5 heteroatoms. The summed E-state index contributed by atoms with van der Waals surface area (Å²) in [7, 11) is 0. The van der Waals surface area contributed by atoms with Crippen molar-refractivity contribution in [3.63, 3.8) is 0 Å². The molecule has 1 aromatic rings. The van der Waals surface area contributed by atoms with Gasteiger partial charge in [0.2, 0.25) is 0 Å². The van der Waals surface area contributed by atoms with E-state index in [1.54, 1.807) is 0 Å². The van der Waals surface area contributed by atoms with Crippen molar-refractivity contribution >= 4 is 11.4 Å². The minimum absolute atomic E-state index is 0.0541. The molecule has 0 aromatic heterocycles. The Bertz CT molecular complexity index is 493. The summed E-state index contributed by atoms with van der Waals surface area (Å²) in [4.78, 5) is 10.5. The van der Waals surface area contributed by atoms with Crippen LogP contribution in [-0.2, 0) is 0 Å². The molecule has 5 nitrogen and oxygen atoms in total. The van der Waals surface area contributed by atoms with Crippen LogP contribution in [0.2, 0.25) is 0 Å². The average molecular weight is 290 g/mol. The van der Waals surface area contributed by atoms with E-state index >= 15 is 0 Å². The fraction of sp³-hybridized carbons (Fsp3) is 0.562. The Hall–Kier alpha value is -1.75. The first-order valence-electron chi connectivity index (χ1n) is 7.19. The van der Waals surface area contributed by atoms with Gasteiger partial charge in [0, 0.05) is 11.7 Å². The minimum atomic E-state index is -0.279. The lowest BCUT2D eigenvalue weighted by Gasteiger charge is -2.31. The van der Waals surface area contributed by atoms with E-state index in [1.165, 1.54) is 0 Å². The summed E-state index contributed by atoms with van der Waals surface area (Å²) < 4.78 is 0. The van der Waals surface area contributed by atoms with Crippen molar-refractivity contribution in [1.82, 2.24) is 0 Å². The SMILES string of the molecule is Cc1cccc(NC(CC(N)C(C)(C)C)C(=N)CN=O)c1. The maximum atomic E-state index is 10.5. The molecule has 0 fully saturated rings. The highest BCUT2D eigenvalue weighted by atomic mass is 16.3. The van der Waals surface area contributed by atoms with Crippen LogP contribution >= 0.6 is 0 Å². The number of benzene rings is 1. The van der Waals surface area contributed by atoms with Crippen LogP contribution in [0.4, 0.5) is 5.69 Å². The van der Waals surface area contributed by atoms with Gasteiger partial charge in [-0.3, -0.25) is 0 Å². The number of nitrogens with zero attached hydrogens (tertiary/aromatic N) is 1. The molecule has 0 bridgehead atoms. The Morgan fingerprint density at radius 3 is 2.62 bits per heavy atom. The Kier molecular flexibility index (Phi) is 6.03. The van der Waals surface area contributed by atoms with Gasteiger partial charge in [0.25, 0.3) is 0 Å². The highest BCUT2D eigenvalue weighted by Crippen LogP contribution is 2.23. The molecule has 116 valence electrons. The molecular formula is C16H26N4O. The van der Waals surface area contributed by atoms with Crippen LogP contribution in [0.15, 0.2) is 29.4 Å². The number of nitroso groups, excluding NO2 is 1. The standard InChI is InChI=1S/C16H26N4O/c1-11-6-5-7-12(8-11)20-14(13(17)10-19-21)9-15(18)16(2,3)4/h5-8,14-15,17,20H,9-10,18H2,1-4H3. The van der Waals surface area contributed by atoms with Gasteiger partial charge >= 0.3 is 0 Å². The van der Waals surface area contributed by atoms with Gasteiger partial charge in [0.1, 0.15) is 6.54 Å². The first-order chi connectivity index (χ1) is 9.74. The van der Waals surface area contributed by atoms with Crippen LogP contribution in [0.1, 0.15) is 32.8 Å². The molecule has 0 radical (unpaired) electrons. The Balaban J connectivity index is 2.87. The first kappa shape index (κ1) is 17.3. The largest absolute Gasteiger partial charge is 0.377 e. The van der Waals surface area contributed by atoms with Crippen molar-refractivity contribution in [3.05, 3.63) is 34.7 Å². The third kappa shape index (κ3) is 5.63. The van der Waals surface area contributed by atoms with Gasteiger partial charge in [-0.05, 0) is 36.5 Å². The zero-order valence-corrected chi connectivity index (χ0v) is 13.3. The van der Waals surface area contributed by atoms with E-state index in [4.69, 9.17) is 11.1 Å². The smallest absolute Gasteiger partial charge is 0.121 e. The van der Waals surface area contributed by atoms with Crippen LogP contribution in [0.5, 0.6) is 0 Å². The molecule has 0 saturated heterocycles. The maximum Gasteiger partial charge on any atom is 0.121 e. The Labute approximate surface area is 126 Å². The summed E-state index contributed by atoms with van der Waals surface area (Å²) in [6.07, 6.45) is 0.589. The number of hydrogen-bond donors (Lipinski definition) is 3. The van der Waals surface area contributed by atoms with Crippen molar-refractivity contribution in [2.75, 3.05) is 11.9 Å². The predicted octanol–water partition coefficient (Wildman–Crippen LogP) is 3.33. The lowest BCUT2D eigenvalue weighted by Crippen LogP contribution is -2.43. The minimum Gasteiger partial charge on any atom is -0.377 e. The summed E-state index contributed by atoms with van der Waals surface area (Å²) in [5.74, 6) is 0. The molecule has 2 atom stereocenters. The van der Waals surface area contributed by atoms with Gasteiger partial charge in [-0.15, -0.1) is 0 Å². The van der Waals surface area contributed by atoms with E-state index < -0.39 is 0 Å². The van der Waals surface area contributed by atoms with Gasteiger partial charge in [0.15, 0.2) is 0 Å². The molecule has 0 aliphatic rings. The van der Waals surface area contributed by atoms with Gasteiger partial charge in [-0.1, -0.05) is 38.1 Å². The second-order valence-electron chi connectivity index (χ2n) is 6.59. The number of aryl methyl sites for hydroxylation is 1. The monoisotopic (exact) mass is 290 g/mol. The topological polar surface area (TPSA) is 91.3 Å². The quantitative estimate of drug-likeness (QED) is 0.531. The molecule has 0 aliphatic heterocycles. The second kappa shape index (κ2) is 7.31. The number of nitrogens with one attached hydrogen (secondary N) is 2.